The number of nitrogens with zero attached hydrogens (tertiary/aromatic N) is 2. The first-order valence-electron chi connectivity index (χ1n) is 10.8. The minimum absolute atomic E-state index is 0.0276. The van der Waals surface area contributed by atoms with Crippen LogP contribution in [0, 0.1) is 6.92 Å². The Morgan fingerprint density at radius 1 is 0.844 bits per heavy atom. The summed E-state index contributed by atoms with van der Waals surface area (Å²) in [6.07, 6.45) is 0. The standard InChI is InChI=1S/C26H27N3O2S/c1-20-11-13-21(14-12-20)27-25(30)19-32-24-10-6-5-9-23(24)26(31)29-17-15-28(16-18-29)22-7-3-2-4-8-22/h2-14H,15-19H2,1H3,(H,27,30). The van der Waals surface area contributed by atoms with Crippen molar-refractivity contribution in [2.45, 2.75) is 11.8 Å². The molecule has 1 fully saturated rings. The van der Waals surface area contributed by atoms with E-state index in [9.17, 15) is 9.59 Å². The molecule has 5 nitrogen and oxygen atoms in total. The number of amides is 2. The molecule has 1 aliphatic rings. The van der Waals surface area contributed by atoms with Gasteiger partial charge in [0.25, 0.3) is 5.91 Å². The second-order valence-corrected chi connectivity index (χ2v) is 8.83. The summed E-state index contributed by atoms with van der Waals surface area (Å²) in [4.78, 5) is 30.7. The van der Waals surface area contributed by atoms with Crippen LogP contribution in [0.2, 0.25) is 0 Å². The van der Waals surface area contributed by atoms with Crippen LogP contribution in [0.15, 0.2) is 83.8 Å². The Hall–Kier alpha value is -3.25. The van der Waals surface area contributed by atoms with Crippen LogP contribution in [0.5, 0.6) is 0 Å². The number of carbonyl (C=O) groups excluding carboxylic acids is 2. The lowest BCUT2D eigenvalue weighted by Crippen LogP contribution is -2.48. The third kappa shape index (κ3) is 5.51. The van der Waals surface area contributed by atoms with Gasteiger partial charge in [0.2, 0.25) is 5.91 Å². The molecule has 3 aromatic carbocycles. The van der Waals surface area contributed by atoms with Crippen LogP contribution in [0.3, 0.4) is 0 Å². The van der Waals surface area contributed by atoms with Crippen molar-refractivity contribution in [1.82, 2.24) is 4.90 Å². The predicted molar refractivity (Wildman–Crippen MR) is 132 cm³/mol. The van der Waals surface area contributed by atoms with E-state index in [0.29, 0.717) is 18.7 Å². The van der Waals surface area contributed by atoms with E-state index in [1.165, 1.54) is 17.4 Å². The highest BCUT2D eigenvalue weighted by atomic mass is 32.2. The van der Waals surface area contributed by atoms with Gasteiger partial charge in [0, 0.05) is 42.4 Å². The minimum Gasteiger partial charge on any atom is -0.368 e. The van der Waals surface area contributed by atoms with Crippen molar-refractivity contribution in [2.24, 2.45) is 0 Å². The van der Waals surface area contributed by atoms with E-state index in [2.05, 4.69) is 22.3 Å². The van der Waals surface area contributed by atoms with Crippen LogP contribution in [-0.4, -0.2) is 48.6 Å². The van der Waals surface area contributed by atoms with Gasteiger partial charge < -0.3 is 15.1 Å². The number of rotatable bonds is 6. The second-order valence-electron chi connectivity index (χ2n) is 7.81. The molecule has 1 aliphatic heterocycles. The number of hydrogen-bond donors (Lipinski definition) is 1. The predicted octanol–water partition coefficient (Wildman–Crippen LogP) is 4.69. The van der Waals surface area contributed by atoms with E-state index in [1.807, 2.05) is 78.6 Å². The fourth-order valence-corrected chi connectivity index (χ4v) is 4.57. The third-order valence-corrected chi connectivity index (χ3v) is 6.57. The first-order chi connectivity index (χ1) is 15.6. The minimum atomic E-state index is -0.0856. The summed E-state index contributed by atoms with van der Waals surface area (Å²) < 4.78 is 0. The summed E-state index contributed by atoms with van der Waals surface area (Å²) >= 11 is 1.40. The monoisotopic (exact) mass is 445 g/mol. The van der Waals surface area contributed by atoms with Crippen molar-refractivity contribution in [3.63, 3.8) is 0 Å². The van der Waals surface area contributed by atoms with Crippen LogP contribution in [0.1, 0.15) is 15.9 Å². The lowest BCUT2D eigenvalue weighted by atomic mass is 10.1. The maximum atomic E-state index is 13.2. The van der Waals surface area contributed by atoms with E-state index < -0.39 is 0 Å². The van der Waals surface area contributed by atoms with Gasteiger partial charge in [-0.3, -0.25) is 9.59 Å². The number of carbonyl (C=O) groups is 2. The number of anilines is 2. The van der Waals surface area contributed by atoms with Crippen molar-refractivity contribution in [1.29, 1.82) is 0 Å². The Morgan fingerprint density at radius 2 is 1.50 bits per heavy atom. The number of thioether (sulfide) groups is 1. The highest BCUT2D eigenvalue weighted by Crippen LogP contribution is 2.25. The van der Waals surface area contributed by atoms with Crippen LogP contribution >= 0.6 is 11.8 Å². The summed E-state index contributed by atoms with van der Waals surface area (Å²) in [6.45, 7) is 4.99. The molecule has 0 aromatic heterocycles. The maximum absolute atomic E-state index is 13.2. The van der Waals surface area contributed by atoms with Gasteiger partial charge in [-0.05, 0) is 43.3 Å². The van der Waals surface area contributed by atoms with E-state index in [1.54, 1.807) is 0 Å². The molecule has 1 N–H and O–H groups in total. The maximum Gasteiger partial charge on any atom is 0.255 e. The third-order valence-electron chi connectivity index (χ3n) is 5.50. The second kappa shape index (κ2) is 10.4. The summed E-state index contributed by atoms with van der Waals surface area (Å²) in [7, 11) is 0. The Balaban J connectivity index is 1.35. The molecule has 3 aromatic rings. The number of hydrogen-bond acceptors (Lipinski definition) is 4. The molecule has 0 atom stereocenters. The van der Waals surface area contributed by atoms with Crippen molar-refractivity contribution in [3.8, 4) is 0 Å². The molecule has 1 saturated heterocycles. The molecule has 1 heterocycles. The average molecular weight is 446 g/mol. The summed E-state index contributed by atoms with van der Waals surface area (Å²) in [6, 6.07) is 25.6. The highest BCUT2D eigenvalue weighted by Gasteiger charge is 2.24. The van der Waals surface area contributed by atoms with Crippen molar-refractivity contribution < 1.29 is 9.59 Å². The van der Waals surface area contributed by atoms with Crippen LogP contribution in [-0.2, 0) is 4.79 Å². The van der Waals surface area contributed by atoms with Crippen molar-refractivity contribution >= 4 is 35.0 Å². The van der Waals surface area contributed by atoms with E-state index in [0.717, 1.165) is 29.2 Å². The largest absolute Gasteiger partial charge is 0.368 e. The fourth-order valence-electron chi connectivity index (χ4n) is 3.72. The molecule has 0 bridgehead atoms. The van der Waals surface area contributed by atoms with Gasteiger partial charge in [-0.25, -0.2) is 0 Å². The number of piperazine rings is 1. The van der Waals surface area contributed by atoms with E-state index >= 15 is 0 Å². The number of benzene rings is 3. The lowest BCUT2D eigenvalue weighted by molar-refractivity contribution is -0.113. The number of para-hydroxylation sites is 1. The first kappa shape index (κ1) is 22.0. The van der Waals surface area contributed by atoms with Gasteiger partial charge in [-0.1, -0.05) is 48.0 Å². The van der Waals surface area contributed by atoms with Gasteiger partial charge in [-0.15, -0.1) is 11.8 Å². The highest BCUT2D eigenvalue weighted by molar-refractivity contribution is 8.00. The molecule has 164 valence electrons. The average Bonchev–Trinajstić information content (AvgIpc) is 2.84. The van der Waals surface area contributed by atoms with Crippen LogP contribution < -0.4 is 10.2 Å². The zero-order valence-electron chi connectivity index (χ0n) is 18.2. The zero-order valence-corrected chi connectivity index (χ0v) is 19.0. The quantitative estimate of drug-likeness (QED) is 0.560. The Morgan fingerprint density at radius 3 is 2.22 bits per heavy atom. The molecule has 6 heteroatoms. The van der Waals surface area contributed by atoms with E-state index in [-0.39, 0.29) is 17.6 Å². The van der Waals surface area contributed by atoms with Crippen LogP contribution in [0.25, 0.3) is 0 Å². The topological polar surface area (TPSA) is 52.7 Å². The molecule has 0 unspecified atom stereocenters. The van der Waals surface area contributed by atoms with Gasteiger partial charge in [0.1, 0.15) is 0 Å². The first-order valence-corrected chi connectivity index (χ1v) is 11.8. The smallest absolute Gasteiger partial charge is 0.255 e. The molecule has 0 spiro atoms. The molecule has 0 radical (unpaired) electrons. The number of aryl methyl sites for hydroxylation is 1. The van der Waals surface area contributed by atoms with Crippen LogP contribution in [0.4, 0.5) is 11.4 Å². The molecular weight excluding hydrogens is 418 g/mol. The zero-order chi connectivity index (χ0) is 22.3. The van der Waals surface area contributed by atoms with E-state index in [4.69, 9.17) is 0 Å². The normalized spacial score (nSPS) is 13.7. The summed E-state index contributed by atoms with van der Waals surface area (Å²) in [5, 5.41) is 2.91. The van der Waals surface area contributed by atoms with Gasteiger partial charge in [0.15, 0.2) is 0 Å². The molecular formula is C26H27N3O2S. The SMILES string of the molecule is Cc1ccc(NC(=O)CSc2ccccc2C(=O)N2CCN(c3ccccc3)CC2)cc1. The summed E-state index contributed by atoms with van der Waals surface area (Å²) in [5.74, 6) is 0.192. The van der Waals surface area contributed by atoms with Gasteiger partial charge in [-0.2, -0.15) is 0 Å². The molecule has 32 heavy (non-hydrogen) atoms. The summed E-state index contributed by atoms with van der Waals surface area (Å²) in [5.41, 5.74) is 3.78. The number of nitrogens with one attached hydrogen (secondary N) is 1. The lowest BCUT2D eigenvalue weighted by Gasteiger charge is -2.36. The Kier molecular flexibility index (Phi) is 7.12. The molecule has 4 rings (SSSR count). The van der Waals surface area contributed by atoms with Crippen molar-refractivity contribution in [2.75, 3.05) is 42.1 Å². The molecule has 0 saturated carbocycles. The molecule has 2 amide bonds. The fraction of sp³-hybridized carbons (Fsp3) is 0.231. The van der Waals surface area contributed by atoms with Crippen molar-refractivity contribution in [3.05, 3.63) is 90.0 Å². The van der Waals surface area contributed by atoms with Gasteiger partial charge >= 0.3 is 0 Å². The Bertz CT molecular complexity index is 1060. The van der Waals surface area contributed by atoms with Gasteiger partial charge in [0.05, 0.1) is 11.3 Å². The Labute approximate surface area is 193 Å². The molecule has 0 aliphatic carbocycles.